The van der Waals surface area contributed by atoms with Crippen molar-refractivity contribution >= 4 is 17.8 Å². The highest BCUT2D eigenvalue weighted by molar-refractivity contribution is 5.97. The topological polar surface area (TPSA) is 119 Å². The van der Waals surface area contributed by atoms with Gasteiger partial charge < -0.3 is 15.7 Å². The number of hydrogen-bond donors (Lipinski definition) is 4. The molecule has 8 nitrogen and oxygen atoms in total. The third kappa shape index (κ3) is 6.25. The van der Waals surface area contributed by atoms with Crippen molar-refractivity contribution in [3.63, 3.8) is 0 Å². The van der Waals surface area contributed by atoms with E-state index in [2.05, 4.69) is 10.6 Å². The second-order valence-electron chi connectivity index (χ2n) is 7.06. The van der Waals surface area contributed by atoms with E-state index in [0.29, 0.717) is 25.7 Å². The molecule has 0 unspecified atom stereocenters. The van der Waals surface area contributed by atoms with Crippen molar-refractivity contribution in [2.75, 3.05) is 7.05 Å². The van der Waals surface area contributed by atoms with Crippen LogP contribution in [0.25, 0.3) is 0 Å². The fourth-order valence-corrected chi connectivity index (χ4v) is 3.04. The summed E-state index contributed by atoms with van der Waals surface area (Å²) in [5, 5.41) is 24.6. The molecule has 0 fully saturated rings. The molecule has 0 saturated heterocycles. The van der Waals surface area contributed by atoms with Crippen LogP contribution < -0.4 is 10.6 Å². The fourth-order valence-electron chi connectivity index (χ4n) is 3.04. The minimum atomic E-state index is -1.47. The predicted molar refractivity (Wildman–Crippen MR) is 98.4 cm³/mol. The zero-order valence-electron chi connectivity index (χ0n) is 16.8. The number of hydrogen-bond acceptors (Lipinski definition) is 5. The lowest BCUT2D eigenvalue weighted by Gasteiger charge is -2.38. The normalized spacial score (nSPS) is 13.9. The average Bonchev–Trinajstić information content (AvgIpc) is 2.64. The van der Waals surface area contributed by atoms with Crippen molar-refractivity contribution in [3.8, 4) is 0 Å². The molecular weight excluding hydrogens is 338 g/mol. The van der Waals surface area contributed by atoms with E-state index < -0.39 is 35.4 Å². The summed E-state index contributed by atoms with van der Waals surface area (Å²) in [6.45, 7) is 9.65. The molecule has 0 rings (SSSR count). The minimum Gasteiger partial charge on any atom is -0.383 e. The molecular formula is C18H35N3O5. The van der Waals surface area contributed by atoms with Gasteiger partial charge in [-0.15, -0.1) is 5.06 Å². The lowest BCUT2D eigenvalue weighted by Crippen LogP contribution is -2.59. The van der Waals surface area contributed by atoms with E-state index >= 15 is 0 Å². The zero-order valence-corrected chi connectivity index (χ0v) is 16.8. The second-order valence-corrected chi connectivity index (χ2v) is 7.06. The number of carbonyl (C=O) groups is 3. The monoisotopic (exact) mass is 373 g/mol. The molecule has 0 aliphatic carbocycles. The van der Waals surface area contributed by atoms with Gasteiger partial charge in [-0.2, -0.15) is 0 Å². The summed E-state index contributed by atoms with van der Waals surface area (Å²) in [7, 11) is 1.46. The quantitative estimate of drug-likeness (QED) is 0.345. The number of aliphatic hydroxyl groups excluding tert-OH is 1. The minimum absolute atomic E-state index is 0.132. The Labute approximate surface area is 156 Å². The third-order valence-electron chi connectivity index (χ3n) is 5.20. The van der Waals surface area contributed by atoms with Crippen molar-refractivity contribution in [3.05, 3.63) is 0 Å². The first-order chi connectivity index (χ1) is 12.1. The lowest BCUT2D eigenvalue weighted by molar-refractivity contribution is -0.163. The van der Waals surface area contributed by atoms with Crippen LogP contribution in [0.5, 0.6) is 0 Å². The van der Waals surface area contributed by atoms with Gasteiger partial charge >= 0.3 is 6.03 Å². The fraction of sp³-hybridized carbons (Fsp3) is 0.833. The standard InChI is InChI=1S/C18H35N3O5/c1-7-18(8-2,9-3)14(15(23)19-6)20-17(25)21(26)16(24)13(22)11-10-12(4)5/h12-14,22,26H,7-11H2,1-6H3,(H,19,23)(H,20,25)/t13-,14-/m0/s1. The molecule has 0 heterocycles. The molecule has 0 aliphatic heterocycles. The van der Waals surface area contributed by atoms with E-state index in [9.17, 15) is 24.7 Å². The maximum atomic E-state index is 12.3. The Hall–Kier alpha value is -1.67. The second kappa shape index (κ2) is 11.1. The van der Waals surface area contributed by atoms with Crippen LogP contribution in [-0.2, 0) is 9.59 Å². The highest BCUT2D eigenvalue weighted by Crippen LogP contribution is 2.34. The lowest BCUT2D eigenvalue weighted by atomic mass is 9.73. The predicted octanol–water partition coefficient (Wildman–Crippen LogP) is 2.04. The van der Waals surface area contributed by atoms with Crippen LogP contribution in [0.3, 0.4) is 0 Å². The summed E-state index contributed by atoms with van der Waals surface area (Å²) in [5.41, 5.74) is -0.504. The number of nitrogens with one attached hydrogen (secondary N) is 2. The summed E-state index contributed by atoms with van der Waals surface area (Å²) in [6, 6.07) is -2.03. The molecule has 0 aromatic carbocycles. The molecule has 4 N–H and O–H groups in total. The van der Waals surface area contributed by atoms with Crippen molar-refractivity contribution in [2.45, 2.75) is 78.9 Å². The van der Waals surface area contributed by atoms with Gasteiger partial charge in [-0.25, -0.2) is 4.79 Å². The first-order valence-electron chi connectivity index (χ1n) is 9.33. The molecule has 26 heavy (non-hydrogen) atoms. The molecule has 0 aromatic rings. The van der Waals surface area contributed by atoms with Gasteiger partial charge in [-0.05, 0) is 43.4 Å². The molecule has 8 heteroatoms. The number of carbonyl (C=O) groups excluding carboxylic acids is 3. The third-order valence-corrected chi connectivity index (χ3v) is 5.20. The number of amides is 4. The van der Waals surface area contributed by atoms with Gasteiger partial charge in [0.1, 0.15) is 12.1 Å². The average molecular weight is 373 g/mol. The Balaban J connectivity index is 5.25. The SMILES string of the molecule is CCC(CC)(CC)[C@@H](NC(=O)N(O)C(=O)[C@@H](O)CCC(C)C)C(=O)NC. The van der Waals surface area contributed by atoms with Gasteiger partial charge in [-0.1, -0.05) is 34.6 Å². The van der Waals surface area contributed by atoms with E-state index in [1.807, 2.05) is 34.6 Å². The number of hydroxylamine groups is 2. The van der Waals surface area contributed by atoms with E-state index in [0.717, 1.165) is 0 Å². The van der Waals surface area contributed by atoms with Crippen LogP contribution in [0.1, 0.15) is 66.7 Å². The highest BCUT2D eigenvalue weighted by Gasteiger charge is 2.41. The van der Waals surface area contributed by atoms with Gasteiger partial charge in [0, 0.05) is 7.05 Å². The zero-order chi connectivity index (χ0) is 20.5. The van der Waals surface area contributed by atoms with Crippen LogP contribution in [0.4, 0.5) is 4.79 Å². The van der Waals surface area contributed by atoms with Gasteiger partial charge in [-0.3, -0.25) is 14.8 Å². The van der Waals surface area contributed by atoms with Crippen molar-refractivity contribution in [1.29, 1.82) is 0 Å². The summed E-state index contributed by atoms with van der Waals surface area (Å²) in [4.78, 5) is 36.7. The van der Waals surface area contributed by atoms with Crippen molar-refractivity contribution < 1.29 is 24.7 Å². The van der Waals surface area contributed by atoms with Gasteiger partial charge in [0.25, 0.3) is 5.91 Å². The van der Waals surface area contributed by atoms with Crippen molar-refractivity contribution in [1.82, 2.24) is 15.7 Å². The maximum absolute atomic E-state index is 12.3. The van der Waals surface area contributed by atoms with E-state index in [4.69, 9.17) is 0 Å². The Morgan fingerprint density at radius 3 is 1.92 bits per heavy atom. The van der Waals surface area contributed by atoms with Crippen LogP contribution in [0.15, 0.2) is 0 Å². The smallest absolute Gasteiger partial charge is 0.349 e. The number of nitrogens with zero attached hydrogens (tertiary/aromatic N) is 1. The molecule has 2 atom stereocenters. The molecule has 0 spiro atoms. The number of aliphatic hydroxyl groups is 1. The Morgan fingerprint density at radius 1 is 1.04 bits per heavy atom. The van der Waals surface area contributed by atoms with Gasteiger partial charge in [0.15, 0.2) is 0 Å². The molecule has 152 valence electrons. The van der Waals surface area contributed by atoms with Crippen LogP contribution in [0, 0.1) is 11.3 Å². The highest BCUT2D eigenvalue weighted by atomic mass is 16.5. The van der Waals surface area contributed by atoms with Crippen LogP contribution >= 0.6 is 0 Å². The largest absolute Gasteiger partial charge is 0.383 e. The summed E-state index contributed by atoms with van der Waals surface area (Å²) in [5.74, 6) is -1.23. The molecule has 0 radical (unpaired) electrons. The molecule has 0 bridgehead atoms. The first kappa shape index (κ1) is 24.3. The molecule has 4 amide bonds. The Kier molecular flexibility index (Phi) is 10.4. The van der Waals surface area contributed by atoms with E-state index in [1.54, 1.807) is 0 Å². The number of imide groups is 1. The van der Waals surface area contributed by atoms with Gasteiger partial charge in [0.05, 0.1) is 0 Å². The molecule has 0 saturated carbocycles. The van der Waals surface area contributed by atoms with E-state index in [1.165, 1.54) is 7.05 Å². The summed E-state index contributed by atoms with van der Waals surface area (Å²) >= 11 is 0. The Morgan fingerprint density at radius 2 is 1.54 bits per heavy atom. The van der Waals surface area contributed by atoms with Crippen LogP contribution in [-0.4, -0.2) is 52.4 Å². The van der Waals surface area contributed by atoms with Crippen LogP contribution in [0.2, 0.25) is 0 Å². The first-order valence-corrected chi connectivity index (χ1v) is 9.33. The molecule has 0 aromatic heterocycles. The van der Waals surface area contributed by atoms with Crippen molar-refractivity contribution in [2.24, 2.45) is 11.3 Å². The number of urea groups is 1. The maximum Gasteiger partial charge on any atom is 0.349 e. The summed E-state index contributed by atoms with van der Waals surface area (Å²) < 4.78 is 0. The molecule has 0 aliphatic rings. The summed E-state index contributed by atoms with van der Waals surface area (Å²) in [6.07, 6.45) is 1.15. The number of likely N-dealkylation sites (N-methyl/N-ethyl adjacent to an activating group) is 1. The van der Waals surface area contributed by atoms with E-state index in [-0.39, 0.29) is 17.4 Å². The number of rotatable bonds is 10. The Bertz CT molecular complexity index is 469. The van der Waals surface area contributed by atoms with Gasteiger partial charge in [0.2, 0.25) is 5.91 Å².